The molecule has 2 rings (SSSR count). The van der Waals surface area contributed by atoms with Gasteiger partial charge >= 0.3 is 0 Å². The van der Waals surface area contributed by atoms with Gasteiger partial charge in [0.05, 0.1) is 4.91 Å². The van der Waals surface area contributed by atoms with Gasteiger partial charge < -0.3 is 0 Å². The van der Waals surface area contributed by atoms with Gasteiger partial charge in [-0.1, -0.05) is 64.2 Å². The van der Waals surface area contributed by atoms with Gasteiger partial charge in [0.25, 0.3) is 5.91 Å². The van der Waals surface area contributed by atoms with E-state index in [1.54, 1.807) is 13.1 Å². The summed E-state index contributed by atoms with van der Waals surface area (Å²) in [4.78, 5) is 13.9. The fourth-order valence-corrected chi connectivity index (χ4v) is 2.78. The molecule has 0 radical (unpaired) electrons. The highest BCUT2D eigenvalue weighted by Gasteiger charge is 2.27. The molecule has 1 aliphatic heterocycles. The summed E-state index contributed by atoms with van der Waals surface area (Å²) >= 11 is 9.77. The maximum atomic E-state index is 11.7. The largest absolute Gasteiger partial charge is 0.296 e. The molecule has 1 aliphatic rings. The number of amides is 1. The summed E-state index contributed by atoms with van der Waals surface area (Å²) in [5.74, 6) is -0.0366. The van der Waals surface area contributed by atoms with Gasteiger partial charge in [0, 0.05) is 11.5 Å². The second-order valence-corrected chi connectivity index (χ2v) is 6.27. The summed E-state index contributed by atoms with van der Waals surface area (Å²) < 4.78 is 1.65. The quantitative estimate of drug-likeness (QED) is 0.603. The second-order valence-electron chi connectivity index (χ2n) is 3.67. The molecule has 1 fully saturated rings. The highest BCUT2D eigenvalue weighted by atomic mass is 79.9. The summed E-state index contributed by atoms with van der Waals surface area (Å²) in [6.07, 6.45) is 5.62. The first kappa shape index (κ1) is 13.5. The van der Waals surface area contributed by atoms with E-state index in [2.05, 4.69) is 15.9 Å². The Morgan fingerprint density at radius 1 is 1.33 bits per heavy atom. The molecule has 1 heterocycles. The van der Waals surface area contributed by atoms with E-state index in [1.807, 2.05) is 36.4 Å². The molecule has 0 spiro atoms. The molecule has 1 saturated heterocycles. The van der Waals surface area contributed by atoms with Gasteiger partial charge in [-0.15, -0.1) is 0 Å². The zero-order valence-corrected chi connectivity index (χ0v) is 12.8. The fraction of sp³-hybridized carbons (Fsp3) is 0.0769. The van der Waals surface area contributed by atoms with Crippen molar-refractivity contribution in [3.63, 3.8) is 0 Å². The zero-order valence-electron chi connectivity index (χ0n) is 9.59. The topological polar surface area (TPSA) is 20.3 Å². The highest BCUT2D eigenvalue weighted by Crippen LogP contribution is 2.29. The van der Waals surface area contributed by atoms with Crippen LogP contribution in [-0.2, 0) is 4.79 Å². The maximum Gasteiger partial charge on any atom is 0.265 e. The van der Waals surface area contributed by atoms with Crippen LogP contribution in [0.3, 0.4) is 0 Å². The van der Waals surface area contributed by atoms with Crippen LogP contribution in [0.15, 0.2) is 45.8 Å². The third-order valence-electron chi connectivity index (χ3n) is 2.39. The standard InChI is InChI=1S/C13H10BrNOS2/c1-15-12(16)11(18-13(15)17)4-2-3-9-5-7-10(14)8-6-9/h2-8H,1H3. The van der Waals surface area contributed by atoms with Crippen molar-refractivity contribution in [3.05, 3.63) is 51.4 Å². The van der Waals surface area contributed by atoms with Crippen LogP contribution in [0.5, 0.6) is 0 Å². The number of allylic oxidation sites excluding steroid dienone is 2. The van der Waals surface area contributed by atoms with E-state index in [1.165, 1.54) is 16.7 Å². The van der Waals surface area contributed by atoms with Gasteiger partial charge in [-0.05, 0) is 23.8 Å². The van der Waals surface area contributed by atoms with Crippen molar-refractivity contribution in [2.45, 2.75) is 0 Å². The van der Waals surface area contributed by atoms with Crippen molar-refractivity contribution in [3.8, 4) is 0 Å². The number of likely N-dealkylation sites (N-methyl/N-ethyl adjacent to an activating group) is 1. The van der Waals surface area contributed by atoms with Crippen LogP contribution in [0, 0.1) is 0 Å². The van der Waals surface area contributed by atoms with Gasteiger partial charge in [0.15, 0.2) is 0 Å². The predicted octanol–water partition coefficient (Wildman–Crippen LogP) is 3.84. The van der Waals surface area contributed by atoms with Crippen LogP contribution in [0.2, 0.25) is 0 Å². The Morgan fingerprint density at radius 2 is 2.00 bits per heavy atom. The summed E-state index contributed by atoms with van der Waals surface area (Å²) in [5, 5.41) is 0. The van der Waals surface area contributed by atoms with E-state index in [-0.39, 0.29) is 5.91 Å². The minimum atomic E-state index is -0.0366. The van der Waals surface area contributed by atoms with Crippen molar-refractivity contribution in [1.82, 2.24) is 4.90 Å². The molecular formula is C13H10BrNOS2. The van der Waals surface area contributed by atoms with E-state index in [0.29, 0.717) is 9.23 Å². The maximum absolute atomic E-state index is 11.7. The molecule has 0 atom stereocenters. The molecule has 0 aliphatic carbocycles. The van der Waals surface area contributed by atoms with E-state index >= 15 is 0 Å². The molecule has 1 aromatic rings. The van der Waals surface area contributed by atoms with Crippen LogP contribution in [-0.4, -0.2) is 22.2 Å². The van der Waals surface area contributed by atoms with Gasteiger partial charge in [-0.2, -0.15) is 0 Å². The van der Waals surface area contributed by atoms with Crippen LogP contribution >= 0.6 is 39.9 Å². The van der Waals surface area contributed by atoms with Gasteiger partial charge in [-0.3, -0.25) is 9.69 Å². The van der Waals surface area contributed by atoms with E-state index < -0.39 is 0 Å². The van der Waals surface area contributed by atoms with Crippen LogP contribution < -0.4 is 0 Å². The summed E-state index contributed by atoms with van der Waals surface area (Å²) in [6.45, 7) is 0. The van der Waals surface area contributed by atoms with Crippen molar-refractivity contribution in [2.24, 2.45) is 0 Å². The molecule has 0 bridgehead atoms. The molecule has 92 valence electrons. The number of thioether (sulfide) groups is 1. The van der Waals surface area contributed by atoms with E-state index in [0.717, 1.165) is 10.0 Å². The first-order valence-electron chi connectivity index (χ1n) is 5.22. The molecule has 1 aromatic carbocycles. The van der Waals surface area contributed by atoms with Crippen LogP contribution in [0.25, 0.3) is 6.08 Å². The highest BCUT2D eigenvalue weighted by molar-refractivity contribution is 9.10. The Morgan fingerprint density at radius 3 is 2.56 bits per heavy atom. The Balaban J connectivity index is 2.09. The summed E-state index contributed by atoms with van der Waals surface area (Å²) in [6, 6.07) is 7.95. The minimum absolute atomic E-state index is 0.0366. The lowest BCUT2D eigenvalue weighted by Crippen LogP contribution is -2.22. The average Bonchev–Trinajstić information content (AvgIpc) is 2.60. The van der Waals surface area contributed by atoms with Crippen molar-refractivity contribution < 1.29 is 4.79 Å². The van der Waals surface area contributed by atoms with Crippen molar-refractivity contribution in [1.29, 1.82) is 0 Å². The molecule has 18 heavy (non-hydrogen) atoms. The SMILES string of the molecule is CN1C(=O)C(=CC=Cc2ccc(Br)cc2)SC1=S. The molecule has 0 saturated carbocycles. The number of halogens is 1. The lowest BCUT2D eigenvalue weighted by atomic mass is 10.2. The number of rotatable bonds is 2. The first-order chi connectivity index (χ1) is 8.58. The summed E-state index contributed by atoms with van der Waals surface area (Å²) in [5.41, 5.74) is 1.08. The lowest BCUT2D eigenvalue weighted by molar-refractivity contribution is -0.121. The number of thiocarbonyl (C=S) groups is 1. The monoisotopic (exact) mass is 339 g/mol. The molecule has 0 N–H and O–H groups in total. The number of hydrogen-bond donors (Lipinski definition) is 0. The zero-order chi connectivity index (χ0) is 13.1. The fourth-order valence-electron chi connectivity index (χ4n) is 1.38. The lowest BCUT2D eigenvalue weighted by Gasteiger charge is -2.03. The molecular weight excluding hydrogens is 330 g/mol. The second kappa shape index (κ2) is 5.82. The third kappa shape index (κ3) is 3.10. The minimum Gasteiger partial charge on any atom is -0.296 e. The van der Waals surface area contributed by atoms with Crippen LogP contribution in [0.4, 0.5) is 0 Å². The molecule has 0 aromatic heterocycles. The first-order valence-corrected chi connectivity index (χ1v) is 7.23. The van der Waals surface area contributed by atoms with Gasteiger partial charge in [0.1, 0.15) is 4.32 Å². The van der Waals surface area contributed by atoms with E-state index in [9.17, 15) is 4.79 Å². The summed E-state index contributed by atoms with van der Waals surface area (Å²) in [7, 11) is 1.69. The van der Waals surface area contributed by atoms with Gasteiger partial charge in [0.2, 0.25) is 0 Å². The predicted molar refractivity (Wildman–Crippen MR) is 84.2 cm³/mol. The number of benzene rings is 1. The van der Waals surface area contributed by atoms with Crippen molar-refractivity contribution in [2.75, 3.05) is 7.05 Å². The number of carbonyl (C=O) groups excluding carboxylic acids is 1. The molecule has 1 amide bonds. The normalized spacial score (nSPS) is 18.3. The Labute approximate surface area is 124 Å². The molecule has 0 unspecified atom stereocenters. The molecule has 2 nitrogen and oxygen atoms in total. The van der Waals surface area contributed by atoms with Crippen LogP contribution in [0.1, 0.15) is 5.56 Å². The molecule has 5 heteroatoms. The number of nitrogens with zero attached hydrogens (tertiary/aromatic N) is 1. The smallest absolute Gasteiger partial charge is 0.265 e. The number of carbonyl (C=O) groups is 1. The Kier molecular flexibility index (Phi) is 4.37. The Bertz CT molecular complexity index is 549. The van der Waals surface area contributed by atoms with Gasteiger partial charge in [-0.25, -0.2) is 0 Å². The van der Waals surface area contributed by atoms with Crippen molar-refractivity contribution >= 4 is 56.2 Å². The Hall–Kier alpha value is -0.910. The average molecular weight is 340 g/mol. The third-order valence-corrected chi connectivity index (χ3v) is 4.42. The number of hydrogen-bond acceptors (Lipinski definition) is 3. The van der Waals surface area contributed by atoms with E-state index in [4.69, 9.17) is 12.2 Å².